The fourth-order valence-corrected chi connectivity index (χ4v) is 2.78. The summed E-state index contributed by atoms with van der Waals surface area (Å²) in [7, 11) is 0. The van der Waals surface area contributed by atoms with Crippen molar-refractivity contribution in [2.24, 2.45) is 0 Å². The van der Waals surface area contributed by atoms with Crippen LogP contribution < -0.4 is 10.6 Å². The molecule has 2 aromatic carbocycles. The molecule has 0 radical (unpaired) electrons. The molecule has 2 N–H and O–H groups in total. The highest BCUT2D eigenvalue weighted by Crippen LogP contribution is 2.23. The lowest BCUT2D eigenvalue weighted by molar-refractivity contribution is 0.518. The topological polar surface area (TPSA) is 63.0 Å². The lowest BCUT2D eigenvalue weighted by atomic mass is 10.2. The zero-order valence-electron chi connectivity index (χ0n) is 15.0. The van der Waals surface area contributed by atoms with E-state index < -0.39 is 0 Å². The number of aromatic nitrogens is 2. The van der Waals surface area contributed by atoms with Gasteiger partial charge >= 0.3 is 0 Å². The molecular weight excluding hydrogens is 336 g/mol. The van der Waals surface area contributed by atoms with Crippen molar-refractivity contribution < 1.29 is 4.42 Å². The Balaban J connectivity index is 1.65. The Labute approximate surface area is 158 Å². The summed E-state index contributed by atoms with van der Waals surface area (Å²) < 4.78 is 5.39. The van der Waals surface area contributed by atoms with Crippen molar-refractivity contribution in [3.05, 3.63) is 90.4 Å². The maximum absolute atomic E-state index is 5.39. The predicted octanol–water partition coefficient (Wildman–Crippen LogP) is 5.40. The van der Waals surface area contributed by atoms with Crippen molar-refractivity contribution in [2.75, 3.05) is 10.6 Å². The maximum Gasteiger partial charge on any atom is 0.163 e. The molecule has 27 heavy (non-hydrogen) atoms. The van der Waals surface area contributed by atoms with E-state index in [0.29, 0.717) is 12.4 Å². The van der Waals surface area contributed by atoms with E-state index in [4.69, 9.17) is 4.42 Å². The minimum absolute atomic E-state index is 0.558. The summed E-state index contributed by atoms with van der Waals surface area (Å²) in [6.07, 6.45) is 1.66. The molecule has 0 spiro atoms. The van der Waals surface area contributed by atoms with E-state index in [-0.39, 0.29) is 0 Å². The van der Waals surface area contributed by atoms with Crippen LogP contribution in [-0.2, 0) is 6.54 Å². The monoisotopic (exact) mass is 356 g/mol. The first-order chi connectivity index (χ1) is 13.3. The van der Waals surface area contributed by atoms with Gasteiger partial charge in [0.15, 0.2) is 5.82 Å². The zero-order valence-corrected chi connectivity index (χ0v) is 15.0. The lowest BCUT2D eigenvalue weighted by Gasteiger charge is -2.11. The van der Waals surface area contributed by atoms with Gasteiger partial charge in [-0.2, -0.15) is 0 Å². The molecule has 2 heterocycles. The molecule has 4 aromatic rings. The van der Waals surface area contributed by atoms with Gasteiger partial charge in [-0.05, 0) is 36.8 Å². The molecule has 0 amide bonds. The summed E-state index contributed by atoms with van der Waals surface area (Å²) in [5.41, 5.74) is 3.14. The van der Waals surface area contributed by atoms with Crippen LogP contribution in [0.1, 0.15) is 11.3 Å². The smallest absolute Gasteiger partial charge is 0.163 e. The Morgan fingerprint density at radius 1 is 0.852 bits per heavy atom. The van der Waals surface area contributed by atoms with Crippen LogP contribution in [0.4, 0.5) is 17.3 Å². The van der Waals surface area contributed by atoms with Crippen LogP contribution in [0.2, 0.25) is 0 Å². The molecule has 4 rings (SSSR count). The molecule has 5 heteroatoms. The summed E-state index contributed by atoms with van der Waals surface area (Å²) in [6, 6.07) is 23.8. The van der Waals surface area contributed by atoms with Crippen molar-refractivity contribution in [2.45, 2.75) is 13.5 Å². The van der Waals surface area contributed by atoms with Gasteiger partial charge in [0, 0.05) is 17.3 Å². The molecule has 0 saturated carbocycles. The Kier molecular flexibility index (Phi) is 4.83. The summed E-state index contributed by atoms with van der Waals surface area (Å²) >= 11 is 0. The van der Waals surface area contributed by atoms with E-state index in [1.807, 2.05) is 60.7 Å². The average Bonchev–Trinajstić information content (AvgIpc) is 3.21. The highest BCUT2D eigenvalue weighted by atomic mass is 16.3. The second kappa shape index (κ2) is 7.74. The van der Waals surface area contributed by atoms with Gasteiger partial charge < -0.3 is 15.1 Å². The fraction of sp³-hybridized carbons (Fsp3) is 0.0909. The predicted molar refractivity (Wildman–Crippen MR) is 108 cm³/mol. The van der Waals surface area contributed by atoms with E-state index in [0.717, 1.165) is 28.6 Å². The van der Waals surface area contributed by atoms with Gasteiger partial charge in [-0.15, -0.1) is 0 Å². The van der Waals surface area contributed by atoms with Crippen LogP contribution >= 0.6 is 0 Å². The summed E-state index contributed by atoms with van der Waals surface area (Å²) in [5, 5.41) is 6.68. The highest BCUT2D eigenvalue weighted by Gasteiger charge is 2.08. The average molecular weight is 356 g/mol. The third kappa shape index (κ3) is 4.33. The number of anilines is 3. The molecule has 0 aliphatic heterocycles. The molecule has 0 bridgehead atoms. The summed E-state index contributed by atoms with van der Waals surface area (Å²) in [4.78, 5) is 9.35. The first kappa shape index (κ1) is 16.8. The number of aryl methyl sites for hydroxylation is 1. The Bertz CT molecular complexity index is 1010. The summed E-state index contributed by atoms with van der Waals surface area (Å²) in [6.45, 7) is 2.62. The van der Waals surface area contributed by atoms with Gasteiger partial charge in [0.25, 0.3) is 0 Å². The number of hydrogen-bond acceptors (Lipinski definition) is 5. The molecule has 0 aliphatic carbocycles. The molecule has 0 atom stereocenters. The molecule has 2 aromatic heterocycles. The van der Waals surface area contributed by atoms with Crippen molar-refractivity contribution in [3.8, 4) is 11.4 Å². The molecule has 0 unspecified atom stereocenters. The number of nitrogens with zero attached hydrogens (tertiary/aromatic N) is 2. The molecule has 134 valence electrons. The van der Waals surface area contributed by atoms with Gasteiger partial charge in [0.05, 0.1) is 12.8 Å². The van der Waals surface area contributed by atoms with Gasteiger partial charge in [0.2, 0.25) is 0 Å². The van der Waals surface area contributed by atoms with Crippen LogP contribution in [0, 0.1) is 6.92 Å². The van der Waals surface area contributed by atoms with E-state index in [1.165, 1.54) is 5.56 Å². The van der Waals surface area contributed by atoms with Crippen molar-refractivity contribution in [3.63, 3.8) is 0 Å². The van der Waals surface area contributed by atoms with E-state index in [2.05, 4.69) is 39.7 Å². The number of rotatable bonds is 6. The number of hydrogen-bond donors (Lipinski definition) is 2. The Morgan fingerprint density at radius 2 is 1.70 bits per heavy atom. The fourth-order valence-electron chi connectivity index (χ4n) is 2.78. The van der Waals surface area contributed by atoms with Crippen LogP contribution in [0.25, 0.3) is 11.4 Å². The first-order valence-electron chi connectivity index (χ1n) is 8.81. The third-order valence-corrected chi connectivity index (χ3v) is 4.07. The van der Waals surface area contributed by atoms with Crippen molar-refractivity contribution in [1.29, 1.82) is 0 Å². The maximum atomic E-state index is 5.39. The van der Waals surface area contributed by atoms with Crippen LogP contribution in [0.15, 0.2) is 83.5 Å². The second-order valence-electron chi connectivity index (χ2n) is 6.26. The van der Waals surface area contributed by atoms with Gasteiger partial charge in [-0.25, -0.2) is 9.97 Å². The number of benzene rings is 2. The highest BCUT2D eigenvalue weighted by molar-refractivity contribution is 5.65. The quantitative estimate of drug-likeness (QED) is 0.484. The van der Waals surface area contributed by atoms with E-state index >= 15 is 0 Å². The van der Waals surface area contributed by atoms with E-state index in [9.17, 15) is 0 Å². The van der Waals surface area contributed by atoms with Crippen LogP contribution in [0.3, 0.4) is 0 Å². The van der Waals surface area contributed by atoms with E-state index in [1.54, 1.807) is 6.26 Å². The van der Waals surface area contributed by atoms with Gasteiger partial charge in [0.1, 0.15) is 17.4 Å². The second-order valence-corrected chi connectivity index (χ2v) is 6.26. The minimum atomic E-state index is 0.558. The molecule has 0 aliphatic rings. The first-order valence-corrected chi connectivity index (χ1v) is 8.81. The lowest BCUT2D eigenvalue weighted by Crippen LogP contribution is -2.04. The summed E-state index contributed by atoms with van der Waals surface area (Å²) in [5.74, 6) is 2.98. The molecule has 0 saturated heterocycles. The Morgan fingerprint density at radius 3 is 2.48 bits per heavy atom. The largest absolute Gasteiger partial charge is 0.467 e. The molecule has 0 fully saturated rings. The van der Waals surface area contributed by atoms with Gasteiger partial charge in [-0.3, -0.25) is 0 Å². The molecule has 5 nitrogen and oxygen atoms in total. The third-order valence-electron chi connectivity index (χ3n) is 4.07. The van der Waals surface area contributed by atoms with Crippen molar-refractivity contribution in [1.82, 2.24) is 9.97 Å². The molecular formula is C22H20N4O. The Hall–Kier alpha value is -3.60. The SMILES string of the molecule is Cc1cccc(Nc2cc(NCc3ccco3)nc(-c3ccccc3)n2)c1. The van der Waals surface area contributed by atoms with Crippen LogP contribution in [0.5, 0.6) is 0 Å². The van der Waals surface area contributed by atoms with Crippen LogP contribution in [-0.4, -0.2) is 9.97 Å². The zero-order chi connectivity index (χ0) is 18.5. The standard InChI is InChI=1S/C22H20N4O/c1-16-7-5-10-18(13-16)24-21-14-20(23-15-19-11-6-12-27-19)25-22(26-21)17-8-3-2-4-9-17/h2-14H,15H2,1H3,(H2,23,24,25,26). The number of furan rings is 1. The van der Waals surface area contributed by atoms with Crippen molar-refractivity contribution >= 4 is 17.3 Å². The number of nitrogens with one attached hydrogen (secondary N) is 2. The normalized spacial score (nSPS) is 10.6. The van der Waals surface area contributed by atoms with Gasteiger partial charge in [-0.1, -0.05) is 42.5 Å². The minimum Gasteiger partial charge on any atom is -0.467 e.